The van der Waals surface area contributed by atoms with Crippen LogP contribution >= 0.6 is 23.2 Å². The Kier molecular flexibility index (Phi) is 5.81. The molecule has 4 rings (SSSR count). The molecule has 10 heteroatoms. The summed E-state index contributed by atoms with van der Waals surface area (Å²) in [6.07, 6.45) is -4.49. The van der Waals surface area contributed by atoms with Crippen molar-refractivity contribution < 1.29 is 27.5 Å². The van der Waals surface area contributed by atoms with Gasteiger partial charge in [0.1, 0.15) is 5.58 Å². The first-order chi connectivity index (χ1) is 14.6. The molecule has 0 atom stereocenters. The summed E-state index contributed by atoms with van der Waals surface area (Å²) >= 11 is 12.5. The van der Waals surface area contributed by atoms with Gasteiger partial charge in [-0.25, -0.2) is 4.79 Å². The van der Waals surface area contributed by atoms with E-state index in [1.165, 1.54) is 12.1 Å². The summed E-state index contributed by atoms with van der Waals surface area (Å²) in [4.78, 5) is 15.2. The number of rotatable bonds is 4. The smallest absolute Gasteiger partial charge is 0.417 e. The first-order valence-electron chi connectivity index (χ1n) is 9.42. The minimum absolute atomic E-state index is 0.183. The molecule has 0 bridgehead atoms. The Morgan fingerprint density at radius 3 is 2.42 bits per heavy atom. The number of halogens is 5. The fraction of sp³-hybridized carbons (Fsp3) is 0.286. The molecule has 0 radical (unpaired) electrons. The largest absolute Gasteiger partial charge is 0.475 e. The molecule has 164 valence electrons. The van der Waals surface area contributed by atoms with Crippen LogP contribution in [0.2, 0.25) is 10.0 Å². The Hall–Kier alpha value is -2.42. The van der Waals surface area contributed by atoms with E-state index < -0.39 is 17.7 Å². The van der Waals surface area contributed by atoms with Gasteiger partial charge in [-0.15, -0.1) is 0 Å². The third-order valence-corrected chi connectivity index (χ3v) is 6.16. The molecule has 1 aliphatic rings. The lowest BCUT2D eigenvalue weighted by Gasteiger charge is -2.36. The quantitative estimate of drug-likeness (QED) is 0.521. The second-order valence-corrected chi connectivity index (χ2v) is 8.02. The van der Waals surface area contributed by atoms with Gasteiger partial charge in [0.15, 0.2) is 0 Å². The van der Waals surface area contributed by atoms with Crippen LogP contribution in [0.15, 0.2) is 40.8 Å². The highest BCUT2D eigenvalue weighted by Gasteiger charge is 2.34. The number of hydrogen-bond acceptors (Lipinski definition) is 4. The van der Waals surface area contributed by atoms with Crippen molar-refractivity contribution in [3.05, 3.63) is 63.3 Å². The van der Waals surface area contributed by atoms with Gasteiger partial charge >= 0.3 is 12.1 Å². The van der Waals surface area contributed by atoms with E-state index >= 15 is 0 Å². The Balaban J connectivity index is 1.47. The van der Waals surface area contributed by atoms with Gasteiger partial charge in [-0.3, -0.25) is 4.90 Å². The van der Waals surface area contributed by atoms with E-state index in [1.54, 1.807) is 18.2 Å². The van der Waals surface area contributed by atoms with Crippen LogP contribution in [0, 0.1) is 0 Å². The molecule has 0 spiro atoms. The van der Waals surface area contributed by atoms with Crippen LogP contribution < -0.4 is 4.90 Å². The zero-order valence-electron chi connectivity index (χ0n) is 16.0. The number of piperazine rings is 1. The Morgan fingerprint density at radius 1 is 1.06 bits per heavy atom. The molecule has 0 amide bonds. The molecule has 2 heterocycles. The molecule has 3 aromatic rings. The maximum absolute atomic E-state index is 13.1. The molecule has 0 unspecified atom stereocenters. The van der Waals surface area contributed by atoms with Crippen LogP contribution in [-0.4, -0.2) is 42.2 Å². The van der Waals surface area contributed by atoms with Crippen molar-refractivity contribution in [2.75, 3.05) is 31.1 Å². The number of aromatic carboxylic acids is 1. The molecule has 1 aromatic heterocycles. The molecule has 0 aliphatic carbocycles. The van der Waals surface area contributed by atoms with Gasteiger partial charge in [0.05, 0.1) is 21.3 Å². The highest BCUT2D eigenvalue weighted by molar-refractivity contribution is 6.38. The maximum Gasteiger partial charge on any atom is 0.417 e. The molecule has 31 heavy (non-hydrogen) atoms. The third kappa shape index (κ3) is 4.33. The summed E-state index contributed by atoms with van der Waals surface area (Å²) < 4.78 is 44.5. The summed E-state index contributed by atoms with van der Waals surface area (Å²) in [6.45, 7) is 2.73. The van der Waals surface area contributed by atoms with Crippen molar-refractivity contribution in [2.45, 2.75) is 12.7 Å². The van der Waals surface area contributed by atoms with E-state index in [-0.39, 0.29) is 10.8 Å². The van der Waals surface area contributed by atoms with Gasteiger partial charge in [-0.1, -0.05) is 35.3 Å². The third-order valence-electron chi connectivity index (χ3n) is 5.32. The van der Waals surface area contributed by atoms with Gasteiger partial charge < -0.3 is 14.4 Å². The maximum atomic E-state index is 13.1. The number of fused-ring (bicyclic) bond motifs is 1. The minimum Gasteiger partial charge on any atom is -0.475 e. The summed E-state index contributed by atoms with van der Waals surface area (Å²) in [6, 6.07) is 8.80. The fourth-order valence-corrected chi connectivity index (χ4v) is 4.35. The van der Waals surface area contributed by atoms with Crippen molar-refractivity contribution in [2.24, 2.45) is 0 Å². The van der Waals surface area contributed by atoms with E-state index in [0.29, 0.717) is 54.3 Å². The summed E-state index contributed by atoms with van der Waals surface area (Å²) in [5.74, 6) is -1.35. The summed E-state index contributed by atoms with van der Waals surface area (Å²) in [7, 11) is 0. The van der Waals surface area contributed by atoms with Crippen LogP contribution in [0.3, 0.4) is 0 Å². The first kappa shape index (κ1) is 21.8. The molecular formula is C21H17Cl2F3N2O3. The number of alkyl halides is 3. The molecule has 1 fully saturated rings. The van der Waals surface area contributed by atoms with Gasteiger partial charge in [-0.05, 0) is 23.8 Å². The molecule has 1 saturated heterocycles. The SMILES string of the molecule is O=C(O)c1cc2c(Cl)c(N3CCN(Cc4cccc(C(F)(F)F)c4Cl)CC3)ccc2o1. The van der Waals surface area contributed by atoms with Crippen LogP contribution in [-0.2, 0) is 12.7 Å². The van der Waals surface area contributed by atoms with Crippen LogP contribution in [0.25, 0.3) is 11.0 Å². The zero-order valence-corrected chi connectivity index (χ0v) is 17.6. The Morgan fingerprint density at radius 2 is 1.77 bits per heavy atom. The van der Waals surface area contributed by atoms with E-state index in [1.807, 2.05) is 4.90 Å². The molecule has 1 aliphatic heterocycles. The van der Waals surface area contributed by atoms with E-state index in [0.717, 1.165) is 11.8 Å². The van der Waals surface area contributed by atoms with Crippen molar-refractivity contribution >= 4 is 45.8 Å². The number of carboxylic acid groups (broad SMARTS) is 1. The van der Waals surface area contributed by atoms with Crippen molar-refractivity contribution in [3.63, 3.8) is 0 Å². The Bertz CT molecular complexity index is 1140. The number of carboxylic acids is 1. The topological polar surface area (TPSA) is 56.9 Å². The number of carbonyl (C=O) groups is 1. The lowest BCUT2D eigenvalue weighted by molar-refractivity contribution is -0.137. The standard InChI is InChI=1S/C21H17Cl2F3N2O3/c22-18-12(2-1-3-14(18)21(24,25)26)11-27-6-8-28(9-7-27)15-4-5-16-13(19(15)23)10-17(31-16)20(29)30/h1-5,10H,6-9,11H2,(H,29,30). The lowest BCUT2D eigenvalue weighted by atomic mass is 10.1. The fourth-order valence-electron chi connectivity index (χ4n) is 3.72. The van der Waals surface area contributed by atoms with Crippen LogP contribution in [0.5, 0.6) is 0 Å². The highest BCUT2D eigenvalue weighted by atomic mass is 35.5. The van der Waals surface area contributed by atoms with Crippen molar-refractivity contribution in [1.82, 2.24) is 4.90 Å². The number of furan rings is 1. The van der Waals surface area contributed by atoms with Crippen molar-refractivity contribution in [1.29, 1.82) is 0 Å². The molecule has 5 nitrogen and oxygen atoms in total. The van der Waals surface area contributed by atoms with E-state index in [2.05, 4.69) is 4.90 Å². The molecule has 0 saturated carbocycles. The minimum atomic E-state index is -4.49. The van der Waals surface area contributed by atoms with Gasteiger partial charge in [-0.2, -0.15) is 13.2 Å². The van der Waals surface area contributed by atoms with Gasteiger partial charge in [0.25, 0.3) is 0 Å². The summed E-state index contributed by atoms with van der Waals surface area (Å²) in [5.41, 5.74) is 0.753. The molecule has 2 aromatic carbocycles. The Labute approximate surface area is 185 Å². The van der Waals surface area contributed by atoms with Gasteiger partial charge in [0.2, 0.25) is 5.76 Å². The second kappa shape index (κ2) is 8.26. The second-order valence-electron chi connectivity index (χ2n) is 7.27. The lowest BCUT2D eigenvalue weighted by Crippen LogP contribution is -2.46. The number of anilines is 1. The predicted octanol–water partition coefficient (Wildman–Crippen LogP) is 5.78. The number of nitrogens with zero attached hydrogens (tertiary/aromatic N) is 2. The molecule has 1 N–H and O–H groups in total. The average molecular weight is 473 g/mol. The highest BCUT2D eigenvalue weighted by Crippen LogP contribution is 2.38. The molecular weight excluding hydrogens is 456 g/mol. The number of benzene rings is 2. The normalized spacial score (nSPS) is 15.6. The number of hydrogen-bond donors (Lipinski definition) is 1. The monoisotopic (exact) mass is 472 g/mol. The van der Waals surface area contributed by atoms with Crippen LogP contribution in [0.1, 0.15) is 21.7 Å². The van der Waals surface area contributed by atoms with Crippen molar-refractivity contribution in [3.8, 4) is 0 Å². The first-order valence-corrected chi connectivity index (χ1v) is 10.2. The van der Waals surface area contributed by atoms with Gasteiger partial charge in [0, 0.05) is 44.2 Å². The predicted molar refractivity (Wildman–Crippen MR) is 112 cm³/mol. The average Bonchev–Trinajstić information content (AvgIpc) is 3.15. The van der Waals surface area contributed by atoms with Crippen LogP contribution in [0.4, 0.5) is 18.9 Å². The van der Waals surface area contributed by atoms with E-state index in [9.17, 15) is 18.0 Å². The summed E-state index contributed by atoms with van der Waals surface area (Å²) in [5, 5.41) is 9.77. The van der Waals surface area contributed by atoms with E-state index in [4.69, 9.17) is 32.7 Å². The zero-order chi connectivity index (χ0) is 22.3.